The predicted octanol–water partition coefficient (Wildman–Crippen LogP) is 3.54. The van der Waals surface area contributed by atoms with Gasteiger partial charge in [-0.25, -0.2) is 0 Å². The Morgan fingerprint density at radius 2 is 1.88 bits per heavy atom. The van der Waals surface area contributed by atoms with E-state index >= 15 is 0 Å². The fourth-order valence-electron chi connectivity index (χ4n) is 1.96. The summed E-state index contributed by atoms with van der Waals surface area (Å²) in [4.78, 5) is 4.37. The fraction of sp³-hybridized carbons (Fsp3) is 0.0714. The molecular weight excluding hydrogens is 212 g/mol. The molecule has 2 aromatic carbocycles. The van der Waals surface area contributed by atoms with E-state index in [1.165, 1.54) is 10.8 Å². The molecule has 3 heteroatoms. The lowest BCUT2D eigenvalue weighted by atomic mass is 10.0. The van der Waals surface area contributed by atoms with Crippen LogP contribution in [0.25, 0.3) is 22.0 Å². The van der Waals surface area contributed by atoms with Crippen molar-refractivity contribution >= 4 is 16.8 Å². The molecule has 0 spiro atoms. The molecule has 84 valence electrons. The van der Waals surface area contributed by atoms with Crippen LogP contribution in [0, 0.1) is 0 Å². The van der Waals surface area contributed by atoms with Gasteiger partial charge in [0.1, 0.15) is 12.0 Å². The number of fused-ring (bicyclic) bond motifs is 1. The summed E-state index contributed by atoms with van der Waals surface area (Å²) >= 11 is 0. The van der Waals surface area contributed by atoms with Crippen LogP contribution in [-0.4, -0.2) is 12.0 Å². The average Bonchev–Trinajstić information content (AvgIpc) is 2.87. The molecule has 0 fully saturated rings. The van der Waals surface area contributed by atoms with Crippen LogP contribution >= 0.6 is 0 Å². The third-order valence-electron chi connectivity index (χ3n) is 2.78. The van der Waals surface area contributed by atoms with Crippen molar-refractivity contribution in [3.05, 3.63) is 48.7 Å². The van der Waals surface area contributed by atoms with Crippen molar-refractivity contribution in [1.82, 2.24) is 4.98 Å². The minimum absolute atomic E-state index is 0.535. The summed E-state index contributed by atoms with van der Waals surface area (Å²) in [5.74, 6) is 0. The van der Waals surface area contributed by atoms with E-state index in [0.717, 1.165) is 11.3 Å². The molecule has 3 aromatic rings. The normalized spacial score (nSPS) is 10.6. The van der Waals surface area contributed by atoms with Crippen molar-refractivity contribution in [3.8, 4) is 11.3 Å². The van der Waals surface area contributed by atoms with Crippen LogP contribution in [0.1, 0.15) is 0 Å². The molecule has 3 rings (SSSR count). The highest BCUT2D eigenvalue weighted by Crippen LogP contribution is 2.28. The van der Waals surface area contributed by atoms with Crippen molar-refractivity contribution in [2.45, 2.75) is 0 Å². The number of oxazole rings is 1. The van der Waals surface area contributed by atoms with Gasteiger partial charge in [-0.05, 0) is 10.8 Å². The molecule has 3 nitrogen and oxygen atoms in total. The van der Waals surface area contributed by atoms with E-state index < -0.39 is 0 Å². The van der Waals surface area contributed by atoms with Gasteiger partial charge in [0.25, 0.3) is 6.01 Å². The van der Waals surface area contributed by atoms with Crippen molar-refractivity contribution in [2.24, 2.45) is 0 Å². The first-order valence-electron chi connectivity index (χ1n) is 5.50. The molecule has 0 aliphatic carbocycles. The molecular formula is C14H12N2O. The standard InChI is InChI=1S/C14H12N2O/c1-15-14-16-13(9-17-14)12-8-4-6-10-5-2-3-7-11(10)12/h2-9H,1H3,(H,15,16). The van der Waals surface area contributed by atoms with E-state index in [1.54, 1.807) is 13.3 Å². The Kier molecular flexibility index (Phi) is 2.29. The van der Waals surface area contributed by atoms with Crippen LogP contribution < -0.4 is 5.32 Å². The number of rotatable bonds is 2. The molecule has 0 radical (unpaired) electrons. The Morgan fingerprint density at radius 1 is 1.06 bits per heavy atom. The molecule has 1 heterocycles. The van der Waals surface area contributed by atoms with Gasteiger partial charge in [0, 0.05) is 12.6 Å². The smallest absolute Gasteiger partial charge is 0.294 e. The fourth-order valence-corrected chi connectivity index (χ4v) is 1.96. The summed E-state index contributed by atoms with van der Waals surface area (Å²) in [7, 11) is 1.79. The van der Waals surface area contributed by atoms with E-state index in [1.807, 2.05) is 18.2 Å². The zero-order valence-electron chi connectivity index (χ0n) is 9.47. The summed E-state index contributed by atoms with van der Waals surface area (Å²) in [6, 6.07) is 15.0. The van der Waals surface area contributed by atoms with Gasteiger partial charge in [0.15, 0.2) is 0 Å². The first-order chi connectivity index (χ1) is 8.38. The van der Waals surface area contributed by atoms with Crippen molar-refractivity contribution < 1.29 is 4.42 Å². The van der Waals surface area contributed by atoms with Gasteiger partial charge in [-0.3, -0.25) is 0 Å². The minimum atomic E-state index is 0.535. The Bertz CT molecular complexity index is 653. The maximum absolute atomic E-state index is 5.29. The van der Waals surface area contributed by atoms with Crippen molar-refractivity contribution in [3.63, 3.8) is 0 Å². The van der Waals surface area contributed by atoms with Gasteiger partial charge >= 0.3 is 0 Å². The van der Waals surface area contributed by atoms with E-state index in [2.05, 4.69) is 34.6 Å². The molecule has 0 amide bonds. The number of hydrogen-bond donors (Lipinski definition) is 1. The molecule has 0 aliphatic rings. The summed E-state index contributed by atoms with van der Waals surface area (Å²) in [6.45, 7) is 0. The number of benzene rings is 2. The highest BCUT2D eigenvalue weighted by atomic mass is 16.4. The summed E-state index contributed by atoms with van der Waals surface area (Å²) in [5.41, 5.74) is 1.94. The lowest BCUT2D eigenvalue weighted by Gasteiger charge is -2.02. The van der Waals surface area contributed by atoms with Crippen LogP contribution in [0.2, 0.25) is 0 Å². The summed E-state index contributed by atoms with van der Waals surface area (Å²) < 4.78 is 5.29. The zero-order valence-corrected chi connectivity index (χ0v) is 9.47. The van der Waals surface area contributed by atoms with Crippen molar-refractivity contribution in [2.75, 3.05) is 12.4 Å². The molecule has 0 saturated heterocycles. The van der Waals surface area contributed by atoms with E-state index in [9.17, 15) is 0 Å². The second-order valence-corrected chi connectivity index (χ2v) is 3.81. The molecule has 1 N–H and O–H groups in total. The Morgan fingerprint density at radius 3 is 2.71 bits per heavy atom. The van der Waals surface area contributed by atoms with Crippen LogP contribution in [0.4, 0.5) is 6.01 Å². The van der Waals surface area contributed by atoms with E-state index in [0.29, 0.717) is 6.01 Å². The number of anilines is 1. The Labute approximate surface area is 99.1 Å². The highest BCUT2D eigenvalue weighted by molar-refractivity contribution is 5.95. The van der Waals surface area contributed by atoms with Gasteiger partial charge in [0.2, 0.25) is 0 Å². The number of hydrogen-bond acceptors (Lipinski definition) is 3. The third kappa shape index (κ3) is 1.65. The van der Waals surface area contributed by atoms with Gasteiger partial charge in [-0.1, -0.05) is 42.5 Å². The minimum Gasteiger partial charge on any atom is -0.432 e. The maximum Gasteiger partial charge on any atom is 0.294 e. The average molecular weight is 224 g/mol. The first-order valence-corrected chi connectivity index (χ1v) is 5.50. The molecule has 0 saturated carbocycles. The largest absolute Gasteiger partial charge is 0.432 e. The van der Waals surface area contributed by atoms with E-state index in [4.69, 9.17) is 4.42 Å². The quantitative estimate of drug-likeness (QED) is 0.723. The first kappa shape index (κ1) is 9.90. The monoisotopic (exact) mass is 224 g/mol. The molecule has 0 aliphatic heterocycles. The Hall–Kier alpha value is -2.29. The summed E-state index contributed by atoms with van der Waals surface area (Å²) in [5, 5.41) is 5.28. The number of aromatic nitrogens is 1. The van der Waals surface area contributed by atoms with Gasteiger partial charge in [-0.15, -0.1) is 0 Å². The van der Waals surface area contributed by atoms with E-state index in [-0.39, 0.29) is 0 Å². The topological polar surface area (TPSA) is 38.1 Å². The third-order valence-corrected chi connectivity index (χ3v) is 2.78. The van der Waals surface area contributed by atoms with Crippen LogP contribution in [0.15, 0.2) is 53.1 Å². The SMILES string of the molecule is CNc1nc(-c2cccc3ccccc23)co1. The maximum atomic E-state index is 5.29. The molecule has 1 aromatic heterocycles. The Balaban J connectivity index is 2.23. The van der Waals surface area contributed by atoms with Crippen molar-refractivity contribution in [1.29, 1.82) is 0 Å². The highest BCUT2D eigenvalue weighted by Gasteiger charge is 2.07. The predicted molar refractivity (Wildman–Crippen MR) is 69.0 cm³/mol. The number of nitrogens with zero attached hydrogens (tertiary/aromatic N) is 1. The molecule has 0 atom stereocenters. The second kappa shape index (κ2) is 3.94. The second-order valence-electron chi connectivity index (χ2n) is 3.81. The molecule has 0 bridgehead atoms. The lowest BCUT2D eigenvalue weighted by Crippen LogP contribution is -1.87. The molecule has 17 heavy (non-hydrogen) atoms. The van der Waals surface area contributed by atoms with Gasteiger partial charge in [0.05, 0.1) is 0 Å². The van der Waals surface area contributed by atoms with Gasteiger partial charge in [-0.2, -0.15) is 4.98 Å². The van der Waals surface area contributed by atoms with Gasteiger partial charge < -0.3 is 9.73 Å². The lowest BCUT2D eigenvalue weighted by molar-refractivity contribution is 0.576. The number of nitrogens with one attached hydrogen (secondary N) is 1. The molecule has 0 unspecified atom stereocenters. The van der Waals surface area contributed by atoms with Crippen LogP contribution in [-0.2, 0) is 0 Å². The van der Waals surface area contributed by atoms with Crippen LogP contribution in [0.3, 0.4) is 0 Å². The van der Waals surface area contributed by atoms with Crippen LogP contribution in [0.5, 0.6) is 0 Å². The summed E-state index contributed by atoms with van der Waals surface area (Å²) in [6.07, 6.45) is 1.67. The zero-order chi connectivity index (χ0) is 11.7.